The number of thiophene rings is 1. The van der Waals surface area contributed by atoms with E-state index in [1.807, 2.05) is 60.0 Å². The molecule has 2 amide bonds. The second-order valence-electron chi connectivity index (χ2n) is 5.73. The van der Waals surface area contributed by atoms with Gasteiger partial charge in [0.2, 0.25) is 5.91 Å². The predicted molar refractivity (Wildman–Crippen MR) is 106 cm³/mol. The molecule has 1 atom stereocenters. The molecule has 0 aliphatic rings. The van der Waals surface area contributed by atoms with Crippen molar-refractivity contribution >= 4 is 40.2 Å². The molecule has 3 aromatic rings. The van der Waals surface area contributed by atoms with Gasteiger partial charge in [0.1, 0.15) is 6.04 Å². The van der Waals surface area contributed by atoms with E-state index in [9.17, 15) is 9.59 Å². The maximum absolute atomic E-state index is 12.3. The van der Waals surface area contributed by atoms with Crippen LogP contribution in [0.4, 0.5) is 17.1 Å². The molecule has 1 unspecified atom stereocenters. The Balaban J connectivity index is 1.54. The van der Waals surface area contributed by atoms with Crippen molar-refractivity contribution in [1.82, 2.24) is 5.32 Å². The van der Waals surface area contributed by atoms with Gasteiger partial charge in [-0.1, -0.05) is 24.3 Å². The van der Waals surface area contributed by atoms with E-state index >= 15 is 0 Å². The molecule has 0 bridgehead atoms. The molecule has 26 heavy (non-hydrogen) atoms. The van der Waals surface area contributed by atoms with Gasteiger partial charge in [0.25, 0.3) is 5.91 Å². The van der Waals surface area contributed by atoms with Crippen LogP contribution < -0.4 is 16.0 Å². The van der Waals surface area contributed by atoms with Gasteiger partial charge in [-0.15, -0.1) is 11.3 Å². The molecule has 0 fully saturated rings. The molecule has 0 saturated heterocycles. The number of para-hydroxylation sites is 1. The van der Waals surface area contributed by atoms with Crippen LogP contribution in [0, 0.1) is 0 Å². The van der Waals surface area contributed by atoms with Crippen LogP contribution in [0.5, 0.6) is 0 Å². The number of carbonyl (C=O) groups excluding carboxylic acids is 2. The van der Waals surface area contributed by atoms with E-state index in [1.165, 1.54) is 11.3 Å². The van der Waals surface area contributed by atoms with Crippen molar-refractivity contribution in [3.05, 3.63) is 77.0 Å². The van der Waals surface area contributed by atoms with Crippen molar-refractivity contribution < 1.29 is 9.59 Å². The minimum atomic E-state index is -0.633. The van der Waals surface area contributed by atoms with E-state index < -0.39 is 6.04 Å². The van der Waals surface area contributed by atoms with E-state index in [1.54, 1.807) is 19.1 Å². The van der Waals surface area contributed by atoms with Gasteiger partial charge in [0.05, 0.1) is 4.88 Å². The lowest BCUT2D eigenvalue weighted by atomic mass is 10.2. The molecule has 1 heterocycles. The molecule has 6 heteroatoms. The first-order valence-electron chi connectivity index (χ1n) is 8.19. The van der Waals surface area contributed by atoms with E-state index in [4.69, 9.17) is 0 Å². The Morgan fingerprint density at radius 2 is 1.50 bits per heavy atom. The highest BCUT2D eigenvalue weighted by Crippen LogP contribution is 2.18. The highest BCUT2D eigenvalue weighted by molar-refractivity contribution is 7.12. The molecule has 1 aromatic heterocycles. The Bertz CT molecular complexity index is 862. The lowest BCUT2D eigenvalue weighted by molar-refractivity contribution is -0.117. The summed E-state index contributed by atoms with van der Waals surface area (Å²) in [6.07, 6.45) is 0. The normalized spacial score (nSPS) is 11.4. The fourth-order valence-electron chi connectivity index (χ4n) is 2.32. The van der Waals surface area contributed by atoms with Crippen molar-refractivity contribution in [3.8, 4) is 0 Å². The number of amides is 2. The molecule has 0 radical (unpaired) electrons. The molecule has 0 saturated carbocycles. The van der Waals surface area contributed by atoms with Crippen LogP contribution in [0.25, 0.3) is 0 Å². The zero-order valence-electron chi connectivity index (χ0n) is 14.2. The maximum atomic E-state index is 12.3. The Kier molecular flexibility index (Phi) is 5.66. The zero-order chi connectivity index (χ0) is 18.4. The quantitative estimate of drug-likeness (QED) is 0.612. The third-order valence-corrected chi connectivity index (χ3v) is 4.57. The first-order chi connectivity index (χ1) is 12.6. The van der Waals surface area contributed by atoms with Gasteiger partial charge in [-0.3, -0.25) is 9.59 Å². The summed E-state index contributed by atoms with van der Waals surface area (Å²) in [7, 11) is 0. The second-order valence-corrected chi connectivity index (χ2v) is 6.68. The summed E-state index contributed by atoms with van der Waals surface area (Å²) in [6.45, 7) is 1.66. The maximum Gasteiger partial charge on any atom is 0.261 e. The minimum Gasteiger partial charge on any atom is -0.356 e. The third-order valence-electron chi connectivity index (χ3n) is 3.70. The van der Waals surface area contributed by atoms with Crippen LogP contribution in [0.1, 0.15) is 16.6 Å². The van der Waals surface area contributed by atoms with Gasteiger partial charge in [0, 0.05) is 17.1 Å². The smallest absolute Gasteiger partial charge is 0.261 e. The van der Waals surface area contributed by atoms with Crippen LogP contribution in [0.15, 0.2) is 72.1 Å². The van der Waals surface area contributed by atoms with Crippen molar-refractivity contribution in [3.63, 3.8) is 0 Å². The number of nitrogens with one attached hydrogen (secondary N) is 3. The number of carbonyl (C=O) groups is 2. The zero-order valence-corrected chi connectivity index (χ0v) is 15.0. The summed E-state index contributed by atoms with van der Waals surface area (Å²) in [5, 5.41) is 10.6. The van der Waals surface area contributed by atoms with Crippen molar-refractivity contribution in [1.29, 1.82) is 0 Å². The molecule has 0 spiro atoms. The Hall–Kier alpha value is -3.12. The second kappa shape index (κ2) is 8.31. The first kappa shape index (κ1) is 17.7. The molecule has 132 valence electrons. The highest BCUT2D eigenvalue weighted by atomic mass is 32.1. The summed E-state index contributed by atoms with van der Waals surface area (Å²) in [5.74, 6) is -0.510. The molecule has 0 aliphatic carbocycles. The lowest BCUT2D eigenvalue weighted by Gasteiger charge is -2.14. The average Bonchev–Trinajstić information content (AvgIpc) is 3.19. The third kappa shape index (κ3) is 4.70. The Labute approximate surface area is 156 Å². The van der Waals surface area contributed by atoms with Crippen LogP contribution in [-0.4, -0.2) is 17.9 Å². The highest BCUT2D eigenvalue weighted by Gasteiger charge is 2.17. The summed E-state index contributed by atoms with van der Waals surface area (Å²) in [6, 6.07) is 20.1. The Morgan fingerprint density at radius 1 is 0.846 bits per heavy atom. The molecule has 0 aliphatic heterocycles. The standard InChI is InChI=1S/C20H19N3O2S/c1-14(21-20(25)18-8-5-13-26-18)19(24)23-17-11-9-16(10-12-17)22-15-6-3-2-4-7-15/h2-14,22H,1H3,(H,21,25)(H,23,24). The van der Waals surface area contributed by atoms with E-state index in [-0.39, 0.29) is 11.8 Å². The van der Waals surface area contributed by atoms with Crippen LogP contribution in [0.2, 0.25) is 0 Å². The van der Waals surface area contributed by atoms with Crippen molar-refractivity contribution in [2.45, 2.75) is 13.0 Å². The van der Waals surface area contributed by atoms with Gasteiger partial charge in [-0.2, -0.15) is 0 Å². The van der Waals surface area contributed by atoms with Gasteiger partial charge in [-0.25, -0.2) is 0 Å². The summed E-state index contributed by atoms with van der Waals surface area (Å²) in [4.78, 5) is 24.8. The monoisotopic (exact) mass is 365 g/mol. The number of benzene rings is 2. The number of hydrogen-bond donors (Lipinski definition) is 3. The minimum absolute atomic E-state index is 0.245. The van der Waals surface area contributed by atoms with E-state index in [0.29, 0.717) is 10.6 Å². The topological polar surface area (TPSA) is 70.2 Å². The fourth-order valence-corrected chi connectivity index (χ4v) is 2.94. The van der Waals surface area contributed by atoms with Crippen LogP contribution in [0.3, 0.4) is 0 Å². The van der Waals surface area contributed by atoms with Gasteiger partial charge >= 0.3 is 0 Å². The van der Waals surface area contributed by atoms with E-state index in [2.05, 4.69) is 16.0 Å². The summed E-state index contributed by atoms with van der Waals surface area (Å²) < 4.78 is 0. The van der Waals surface area contributed by atoms with Crippen molar-refractivity contribution in [2.75, 3.05) is 10.6 Å². The molecule has 3 rings (SSSR count). The number of hydrogen-bond acceptors (Lipinski definition) is 4. The summed E-state index contributed by atoms with van der Waals surface area (Å²) >= 11 is 1.34. The fraction of sp³-hybridized carbons (Fsp3) is 0.100. The van der Waals surface area contributed by atoms with Gasteiger partial charge < -0.3 is 16.0 Å². The lowest BCUT2D eigenvalue weighted by Crippen LogP contribution is -2.41. The molecule has 3 N–H and O–H groups in total. The molecule has 5 nitrogen and oxygen atoms in total. The molecule has 2 aromatic carbocycles. The number of rotatable bonds is 6. The molecular formula is C20H19N3O2S. The van der Waals surface area contributed by atoms with Gasteiger partial charge in [0.15, 0.2) is 0 Å². The van der Waals surface area contributed by atoms with Crippen molar-refractivity contribution in [2.24, 2.45) is 0 Å². The number of anilines is 3. The van der Waals surface area contributed by atoms with Crippen LogP contribution in [-0.2, 0) is 4.79 Å². The Morgan fingerprint density at radius 3 is 2.15 bits per heavy atom. The SMILES string of the molecule is CC(NC(=O)c1cccs1)C(=O)Nc1ccc(Nc2ccccc2)cc1. The van der Waals surface area contributed by atoms with E-state index in [0.717, 1.165) is 11.4 Å². The van der Waals surface area contributed by atoms with Crippen LogP contribution >= 0.6 is 11.3 Å². The van der Waals surface area contributed by atoms with Gasteiger partial charge in [-0.05, 0) is 54.8 Å². The summed E-state index contributed by atoms with van der Waals surface area (Å²) in [5.41, 5.74) is 2.59. The average molecular weight is 365 g/mol. The first-order valence-corrected chi connectivity index (χ1v) is 9.07. The predicted octanol–water partition coefficient (Wildman–Crippen LogP) is 4.25. The largest absolute Gasteiger partial charge is 0.356 e. The molecular weight excluding hydrogens is 346 g/mol.